The molecule has 0 radical (unpaired) electrons. The van der Waals surface area contributed by atoms with Crippen molar-refractivity contribution in [2.45, 2.75) is 19.4 Å². The van der Waals surface area contributed by atoms with Crippen molar-refractivity contribution in [1.29, 1.82) is 0 Å². The van der Waals surface area contributed by atoms with Crippen molar-refractivity contribution in [2.75, 3.05) is 6.54 Å². The van der Waals surface area contributed by atoms with Crippen LogP contribution in [0.1, 0.15) is 24.9 Å². The third-order valence-corrected chi connectivity index (χ3v) is 2.48. The smallest absolute Gasteiger partial charge is 0.124 e. The molecule has 80 valence electrons. The number of halogens is 2. The molecule has 0 aromatic heterocycles. The zero-order chi connectivity index (χ0) is 11.3. The van der Waals surface area contributed by atoms with Gasteiger partial charge >= 0.3 is 0 Å². The summed E-state index contributed by atoms with van der Waals surface area (Å²) in [5.74, 6) is 2.22. The van der Waals surface area contributed by atoms with E-state index in [-0.39, 0.29) is 11.9 Å². The Balaban J connectivity index is 2.66. The highest BCUT2D eigenvalue weighted by Gasteiger charge is 2.08. The van der Waals surface area contributed by atoms with Crippen molar-refractivity contribution in [3.63, 3.8) is 0 Å². The molecule has 1 unspecified atom stereocenters. The van der Waals surface area contributed by atoms with E-state index in [0.717, 1.165) is 12.1 Å². The minimum absolute atomic E-state index is 0.0754. The van der Waals surface area contributed by atoms with E-state index < -0.39 is 0 Å². The highest BCUT2D eigenvalue weighted by molar-refractivity contribution is 6.31. The van der Waals surface area contributed by atoms with Crippen LogP contribution in [-0.2, 0) is 0 Å². The van der Waals surface area contributed by atoms with E-state index >= 15 is 0 Å². The zero-order valence-corrected chi connectivity index (χ0v) is 9.31. The van der Waals surface area contributed by atoms with E-state index in [1.807, 2.05) is 6.92 Å². The fourth-order valence-corrected chi connectivity index (χ4v) is 1.65. The molecule has 0 saturated heterocycles. The maximum atomic E-state index is 12.8. The van der Waals surface area contributed by atoms with Gasteiger partial charge < -0.3 is 5.32 Å². The van der Waals surface area contributed by atoms with E-state index in [0.29, 0.717) is 11.4 Å². The summed E-state index contributed by atoms with van der Waals surface area (Å²) in [5, 5.41) is 3.65. The molecular formula is C12H13ClFN. The Morgan fingerprint density at radius 3 is 2.93 bits per heavy atom. The molecule has 0 spiro atoms. The van der Waals surface area contributed by atoms with Crippen LogP contribution in [0, 0.1) is 18.2 Å². The standard InChI is InChI=1S/C12H13ClFN/c1-3-4-7-15-9(2)11-6-5-10(14)8-12(11)13/h1,5-6,8-9,15H,4,7H2,2H3. The Hall–Kier alpha value is -1.04. The van der Waals surface area contributed by atoms with Crippen molar-refractivity contribution in [2.24, 2.45) is 0 Å². The van der Waals surface area contributed by atoms with Gasteiger partial charge in [0.05, 0.1) is 0 Å². The van der Waals surface area contributed by atoms with Gasteiger partial charge in [0.2, 0.25) is 0 Å². The van der Waals surface area contributed by atoms with Gasteiger partial charge in [0.15, 0.2) is 0 Å². The molecule has 1 aromatic rings. The van der Waals surface area contributed by atoms with E-state index in [9.17, 15) is 4.39 Å². The first-order valence-electron chi connectivity index (χ1n) is 4.77. The topological polar surface area (TPSA) is 12.0 Å². The first-order valence-corrected chi connectivity index (χ1v) is 5.14. The molecule has 15 heavy (non-hydrogen) atoms. The SMILES string of the molecule is C#CCCNC(C)c1ccc(F)cc1Cl. The molecule has 1 aromatic carbocycles. The highest BCUT2D eigenvalue weighted by Crippen LogP contribution is 2.23. The molecule has 0 bridgehead atoms. The summed E-state index contributed by atoms with van der Waals surface area (Å²) in [6, 6.07) is 4.48. The number of hydrogen-bond donors (Lipinski definition) is 1. The zero-order valence-electron chi connectivity index (χ0n) is 8.56. The van der Waals surface area contributed by atoms with Crippen molar-refractivity contribution in [3.05, 3.63) is 34.6 Å². The van der Waals surface area contributed by atoms with Crippen LogP contribution < -0.4 is 5.32 Å². The third kappa shape index (κ3) is 3.54. The molecule has 0 amide bonds. The van der Waals surface area contributed by atoms with Crippen molar-refractivity contribution in [1.82, 2.24) is 5.32 Å². The average Bonchev–Trinajstić information content (AvgIpc) is 2.17. The molecule has 1 N–H and O–H groups in total. The summed E-state index contributed by atoms with van der Waals surface area (Å²) < 4.78 is 12.8. The largest absolute Gasteiger partial charge is 0.309 e. The lowest BCUT2D eigenvalue weighted by Gasteiger charge is -2.14. The lowest BCUT2D eigenvalue weighted by Crippen LogP contribution is -2.19. The molecule has 0 fully saturated rings. The Labute approximate surface area is 94.6 Å². The Bertz CT molecular complexity index is 370. The monoisotopic (exact) mass is 225 g/mol. The maximum absolute atomic E-state index is 12.8. The van der Waals surface area contributed by atoms with Gasteiger partial charge in [-0.25, -0.2) is 4.39 Å². The second kappa shape index (κ2) is 5.75. The van der Waals surface area contributed by atoms with Gasteiger partial charge in [0, 0.05) is 24.0 Å². The number of benzene rings is 1. The van der Waals surface area contributed by atoms with Crippen molar-refractivity contribution in [3.8, 4) is 12.3 Å². The van der Waals surface area contributed by atoms with Crippen LogP contribution in [0.4, 0.5) is 4.39 Å². The van der Waals surface area contributed by atoms with Crippen LogP contribution >= 0.6 is 11.6 Å². The van der Waals surface area contributed by atoms with Gasteiger partial charge in [-0.15, -0.1) is 12.3 Å². The van der Waals surface area contributed by atoms with E-state index in [2.05, 4.69) is 11.2 Å². The van der Waals surface area contributed by atoms with Crippen LogP contribution in [0.15, 0.2) is 18.2 Å². The summed E-state index contributed by atoms with van der Waals surface area (Å²) >= 11 is 5.92. The molecular weight excluding hydrogens is 213 g/mol. The van der Waals surface area contributed by atoms with Gasteiger partial charge in [-0.3, -0.25) is 0 Å². The first kappa shape index (κ1) is 12.0. The number of terminal acetylenes is 1. The predicted octanol–water partition coefficient (Wildman–Crippen LogP) is 3.15. The summed E-state index contributed by atoms with van der Waals surface area (Å²) in [6.45, 7) is 2.70. The third-order valence-electron chi connectivity index (χ3n) is 2.15. The first-order chi connectivity index (χ1) is 7.15. The van der Waals surface area contributed by atoms with Gasteiger partial charge in [0.1, 0.15) is 5.82 Å². The van der Waals surface area contributed by atoms with Gasteiger partial charge in [-0.05, 0) is 24.6 Å². The molecule has 0 aliphatic carbocycles. The molecule has 1 rings (SSSR count). The summed E-state index contributed by atoms with van der Waals surface area (Å²) in [5.41, 5.74) is 0.884. The van der Waals surface area contributed by atoms with Crippen molar-refractivity contribution < 1.29 is 4.39 Å². The number of nitrogens with one attached hydrogen (secondary N) is 1. The van der Waals surface area contributed by atoms with Crippen LogP contribution in [0.5, 0.6) is 0 Å². The maximum Gasteiger partial charge on any atom is 0.124 e. The lowest BCUT2D eigenvalue weighted by atomic mass is 10.1. The van der Waals surface area contributed by atoms with Crippen LogP contribution in [-0.4, -0.2) is 6.54 Å². The Morgan fingerprint density at radius 1 is 1.60 bits per heavy atom. The molecule has 0 heterocycles. The van der Waals surface area contributed by atoms with Crippen LogP contribution in [0.3, 0.4) is 0 Å². The fraction of sp³-hybridized carbons (Fsp3) is 0.333. The minimum Gasteiger partial charge on any atom is -0.309 e. The van der Waals surface area contributed by atoms with Gasteiger partial charge in [-0.2, -0.15) is 0 Å². The van der Waals surface area contributed by atoms with Crippen LogP contribution in [0.25, 0.3) is 0 Å². The summed E-state index contributed by atoms with van der Waals surface area (Å²) in [6.07, 6.45) is 5.81. The molecule has 3 heteroatoms. The molecule has 0 aliphatic heterocycles. The normalized spacial score (nSPS) is 12.1. The van der Waals surface area contributed by atoms with Crippen LogP contribution in [0.2, 0.25) is 5.02 Å². The van der Waals surface area contributed by atoms with Gasteiger partial charge in [0.25, 0.3) is 0 Å². The Morgan fingerprint density at radius 2 is 2.33 bits per heavy atom. The minimum atomic E-state index is -0.320. The Kier molecular flexibility index (Phi) is 4.61. The average molecular weight is 226 g/mol. The summed E-state index contributed by atoms with van der Waals surface area (Å²) in [4.78, 5) is 0. The second-order valence-corrected chi connectivity index (χ2v) is 3.70. The van der Waals surface area contributed by atoms with Crippen molar-refractivity contribution >= 4 is 11.6 Å². The summed E-state index contributed by atoms with van der Waals surface area (Å²) in [7, 11) is 0. The number of hydrogen-bond acceptors (Lipinski definition) is 1. The fourth-order valence-electron chi connectivity index (χ4n) is 1.32. The molecule has 1 atom stereocenters. The molecule has 0 saturated carbocycles. The van der Waals surface area contributed by atoms with Gasteiger partial charge in [-0.1, -0.05) is 17.7 Å². The molecule has 0 aliphatic rings. The second-order valence-electron chi connectivity index (χ2n) is 3.30. The van der Waals surface area contributed by atoms with E-state index in [1.165, 1.54) is 12.1 Å². The predicted molar refractivity (Wildman–Crippen MR) is 61.3 cm³/mol. The number of rotatable bonds is 4. The molecule has 1 nitrogen and oxygen atoms in total. The van der Waals surface area contributed by atoms with E-state index in [4.69, 9.17) is 18.0 Å². The highest BCUT2D eigenvalue weighted by atomic mass is 35.5. The quantitative estimate of drug-likeness (QED) is 0.613. The lowest BCUT2D eigenvalue weighted by molar-refractivity contribution is 0.580. The van der Waals surface area contributed by atoms with E-state index in [1.54, 1.807) is 6.07 Å².